The second kappa shape index (κ2) is 5.48. The fourth-order valence-corrected chi connectivity index (χ4v) is 1.63. The lowest BCUT2D eigenvalue weighted by Gasteiger charge is -2.20. The summed E-state index contributed by atoms with van der Waals surface area (Å²) in [5.74, 6) is -0.555. The minimum Gasteiger partial charge on any atom is -0.480 e. The molecule has 0 radical (unpaired) electrons. The molecular formula is C12H15N3O3. The van der Waals surface area contributed by atoms with Crippen LogP contribution < -0.4 is 5.32 Å². The summed E-state index contributed by atoms with van der Waals surface area (Å²) in [5, 5.41) is 11.4. The molecule has 0 aliphatic heterocycles. The first-order valence-electron chi connectivity index (χ1n) is 5.83. The number of hydrogen-bond donors (Lipinski definition) is 2. The van der Waals surface area contributed by atoms with Crippen molar-refractivity contribution in [2.45, 2.75) is 12.8 Å². The van der Waals surface area contributed by atoms with E-state index in [-0.39, 0.29) is 6.54 Å². The highest BCUT2D eigenvalue weighted by molar-refractivity contribution is 5.91. The summed E-state index contributed by atoms with van der Waals surface area (Å²) >= 11 is 0. The van der Waals surface area contributed by atoms with E-state index < -0.39 is 12.0 Å². The van der Waals surface area contributed by atoms with Gasteiger partial charge in [0.05, 0.1) is 11.9 Å². The van der Waals surface area contributed by atoms with Gasteiger partial charge >= 0.3 is 12.0 Å². The lowest BCUT2D eigenvalue weighted by molar-refractivity contribution is -0.137. The molecule has 0 aromatic carbocycles. The van der Waals surface area contributed by atoms with E-state index >= 15 is 0 Å². The topological polar surface area (TPSA) is 82.5 Å². The molecule has 1 saturated carbocycles. The smallest absolute Gasteiger partial charge is 0.323 e. The van der Waals surface area contributed by atoms with E-state index in [9.17, 15) is 9.59 Å². The van der Waals surface area contributed by atoms with Crippen molar-refractivity contribution in [2.24, 2.45) is 5.92 Å². The number of carbonyl (C=O) groups excluding carboxylic acids is 1. The Morgan fingerprint density at radius 3 is 2.83 bits per heavy atom. The Labute approximate surface area is 105 Å². The zero-order chi connectivity index (χ0) is 13.0. The molecule has 2 N–H and O–H groups in total. The maximum atomic E-state index is 11.9. The van der Waals surface area contributed by atoms with E-state index in [1.54, 1.807) is 18.3 Å². The summed E-state index contributed by atoms with van der Waals surface area (Å²) < 4.78 is 0. The minimum atomic E-state index is -1.00. The van der Waals surface area contributed by atoms with Crippen LogP contribution in [0.4, 0.5) is 10.5 Å². The molecule has 0 spiro atoms. The summed E-state index contributed by atoms with van der Waals surface area (Å²) in [4.78, 5) is 27.9. The fraction of sp³-hybridized carbons (Fsp3) is 0.417. The van der Waals surface area contributed by atoms with E-state index in [1.165, 1.54) is 11.1 Å². The highest BCUT2D eigenvalue weighted by Crippen LogP contribution is 2.29. The van der Waals surface area contributed by atoms with E-state index in [2.05, 4.69) is 10.3 Å². The maximum absolute atomic E-state index is 11.9. The van der Waals surface area contributed by atoms with E-state index in [0.29, 0.717) is 18.2 Å². The first-order chi connectivity index (χ1) is 8.65. The number of anilines is 1. The second-order valence-electron chi connectivity index (χ2n) is 4.39. The molecule has 1 aromatic rings. The summed E-state index contributed by atoms with van der Waals surface area (Å²) in [6, 6.07) is 3.02. The SMILES string of the molecule is O=C(O)CN(CC1CC1)C(=O)Nc1cccnc1. The number of carbonyl (C=O) groups is 2. The Kier molecular flexibility index (Phi) is 3.76. The van der Waals surface area contributed by atoms with Gasteiger partial charge in [0.25, 0.3) is 0 Å². The molecule has 2 rings (SSSR count). The first-order valence-corrected chi connectivity index (χ1v) is 5.83. The van der Waals surface area contributed by atoms with Crippen LogP contribution in [0, 0.1) is 5.92 Å². The van der Waals surface area contributed by atoms with Crippen molar-refractivity contribution in [3.05, 3.63) is 24.5 Å². The third-order valence-corrected chi connectivity index (χ3v) is 2.70. The van der Waals surface area contributed by atoms with Crippen LogP contribution in [0.25, 0.3) is 0 Å². The van der Waals surface area contributed by atoms with Crippen LogP contribution in [0.15, 0.2) is 24.5 Å². The molecular weight excluding hydrogens is 234 g/mol. The highest BCUT2D eigenvalue weighted by Gasteiger charge is 2.27. The fourth-order valence-electron chi connectivity index (χ4n) is 1.63. The van der Waals surface area contributed by atoms with E-state index in [0.717, 1.165) is 12.8 Å². The predicted molar refractivity (Wildman–Crippen MR) is 65.2 cm³/mol. The number of nitrogens with one attached hydrogen (secondary N) is 1. The summed E-state index contributed by atoms with van der Waals surface area (Å²) in [5.41, 5.74) is 0.564. The normalized spacial score (nSPS) is 14.0. The molecule has 1 fully saturated rings. The molecule has 6 nitrogen and oxygen atoms in total. The van der Waals surface area contributed by atoms with Gasteiger partial charge in [-0.15, -0.1) is 0 Å². The van der Waals surface area contributed by atoms with Crippen molar-refractivity contribution in [3.8, 4) is 0 Å². The van der Waals surface area contributed by atoms with Gasteiger partial charge in [-0.05, 0) is 30.9 Å². The molecule has 96 valence electrons. The van der Waals surface area contributed by atoms with Crippen LogP contribution in [0.5, 0.6) is 0 Å². The number of aliphatic carboxylic acids is 1. The van der Waals surface area contributed by atoms with Crippen LogP contribution in [0.3, 0.4) is 0 Å². The molecule has 0 saturated heterocycles. The molecule has 1 aliphatic rings. The van der Waals surface area contributed by atoms with Gasteiger partial charge in [0.15, 0.2) is 0 Å². The standard InChI is InChI=1S/C12H15N3O3/c16-11(17)8-15(7-9-3-4-9)12(18)14-10-2-1-5-13-6-10/h1-2,5-6,9H,3-4,7-8H2,(H,14,18)(H,16,17). The quantitative estimate of drug-likeness (QED) is 0.826. The van der Waals surface area contributed by atoms with E-state index in [1.807, 2.05) is 0 Å². The van der Waals surface area contributed by atoms with Gasteiger partial charge in [0, 0.05) is 12.7 Å². The zero-order valence-electron chi connectivity index (χ0n) is 9.87. The van der Waals surface area contributed by atoms with Gasteiger partial charge in [0.2, 0.25) is 0 Å². The molecule has 0 unspecified atom stereocenters. The predicted octanol–water partition coefficient (Wildman–Crippen LogP) is 1.41. The number of hydrogen-bond acceptors (Lipinski definition) is 3. The van der Waals surface area contributed by atoms with Crippen molar-refractivity contribution in [2.75, 3.05) is 18.4 Å². The first kappa shape index (κ1) is 12.3. The van der Waals surface area contributed by atoms with Crippen LogP contribution in [0.1, 0.15) is 12.8 Å². The van der Waals surface area contributed by atoms with Gasteiger partial charge < -0.3 is 15.3 Å². The van der Waals surface area contributed by atoms with Crippen LogP contribution in [-0.4, -0.2) is 40.1 Å². The molecule has 1 heterocycles. The monoisotopic (exact) mass is 249 g/mol. The minimum absolute atomic E-state index is 0.275. The van der Waals surface area contributed by atoms with Crippen LogP contribution in [0.2, 0.25) is 0 Å². The molecule has 6 heteroatoms. The number of amides is 2. The largest absolute Gasteiger partial charge is 0.480 e. The Balaban J connectivity index is 1.95. The van der Waals surface area contributed by atoms with Crippen molar-refractivity contribution < 1.29 is 14.7 Å². The van der Waals surface area contributed by atoms with Gasteiger partial charge in [-0.1, -0.05) is 0 Å². The molecule has 1 aliphatic carbocycles. The molecule has 0 atom stereocenters. The maximum Gasteiger partial charge on any atom is 0.323 e. The molecule has 0 bridgehead atoms. The lowest BCUT2D eigenvalue weighted by atomic mass is 10.3. The van der Waals surface area contributed by atoms with Gasteiger partial charge in [-0.25, -0.2) is 4.79 Å². The molecule has 1 aromatic heterocycles. The number of carboxylic acids is 1. The summed E-state index contributed by atoms with van der Waals surface area (Å²) in [7, 11) is 0. The van der Waals surface area contributed by atoms with Crippen LogP contribution in [-0.2, 0) is 4.79 Å². The number of nitrogens with zero attached hydrogens (tertiary/aromatic N) is 2. The number of pyridine rings is 1. The number of aromatic nitrogens is 1. The lowest BCUT2D eigenvalue weighted by Crippen LogP contribution is -2.40. The third kappa shape index (κ3) is 3.73. The molecule has 18 heavy (non-hydrogen) atoms. The zero-order valence-corrected chi connectivity index (χ0v) is 9.87. The van der Waals surface area contributed by atoms with Crippen LogP contribution >= 0.6 is 0 Å². The number of carboxylic acid groups (broad SMARTS) is 1. The third-order valence-electron chi connectivity index (χ3n) is 2.70. The van der Waals surface area contributed by atoms with Crippen molar-refractivity contribution >= 4 is 17.7 Å². The van der Waals surface area contributed by atoms with Gasteiger partial charge in [-0.3, -0.25) is 9.78 Å². The van der Waals surface area contributed by atoms with Crippen molar-refractivity contribution in [1.82, 2.24) is 9.88 Å². The number of urea groups is 1. The molecule has 2 amide bonds. The van der Waals surface area contributed by atoms with Gasteiger partial charge in [0.1, 0.15) is 6.54 Å². The Bertz CT molecular complexity index is 431. The van der Waals surface area contributed by atoms with Crippen molar-refractivity contribution in [3.63, 3.8) is 0 Å². The average molecular weight is 249 g/mol. The van der Waals surface area contributed by atoms with E-state index in [4.69, 9.17) is 5.11 Å². The Morgan fingerprint density at radius 1 is 1.50 bits per heavy atom. The highest BCUT2D eigenvalue weighted by atomic mass is 16.4. The summed E-state index contributed by atoms with van der Waals surface area (Å²) in [6.07, 6.45) is 5.26. The second-order valence-corrected chi connectivity index (χ2v) is 4.39. The summed E-state index contributed by atoms with van der Waals surface area (Å²) in [6.45, 7) is 0.223. The number of rotatable bonds is 5. The van der Waals surface area contributed by atoms with Crippen molar-refractivity contribution in [1.29, 1.82) is 0 Å². The average Bonchev–Trinajstić information content (AvgIpc) is 3.13. The Hall–Kier alpha value is -2.11. The van der Waals surface area contributed by atoms with Gasteiger partial charge in [-0.2, -0.15) is 0 Å². The Morgan fingerprint density at radius 2 is 2.28 bits per heavy atom.